The van der Waals surface area contributed by atoms with Gasteiger partial charge >= 0.3 is 0 Å². The molecule has 1 heterocycles. The first-order valence-electron chi connectivity index (χ1n) is 4.85. The lowest BCUT2D eigenvalue weighted by Gasteiger charge is -2.05. The molecule has 5 heteroatoms. The first-order valence-corrected chi connectivity index (χ1v) is 6.02. The van der Waals surface area contributed by atoms with E-state index in [0.29, 0.717) is 18.1 Å². The Morgan fingerprint density at radius 3 is 2.73 bits per heavy atom. The topological polar surface area (TPSA) is 45.1 Å². The molecule has 0 saturated heterocycles. The Morgan fingerprint density at radius 1 is 1.47 bits per heavy atom. The smallest absolute Gasteiger partial charge is 0.0624 e. The average Bonchev–Trinajstić information content (AvgIpc) is 2.27. The molecule has 0 amide bonds. The highest BCUT2D eigenvalue weighted by molar-refractivity contribution is 9.10. The normalized spacial score (nSPS) is 9.40. The van der Waals surface area contributed by atoms with E-state index in [1.54, 1.807) is 12.4 Å². The molecule has 1 aromatic rings. The van der Waals surface area contributed by atoms with Crippen molar-refractivity contribution in [2.24, 2.45) is 0 Å². The van der Waals surface area contributed by atoms with Crippen molar-refractivity contribution < 1.29 is 5.11 Å². The Morgan fingerprint density at radius 2 is 2.13 bits per heavy atom. The minimum absolute atomic E-state index is 0.124. The van der Waals surface area contributed by atoms with Gasteiger partial charge in [-0.1, -0.05) is 25.4 Å². The lowest BCUT2D eigenvalue weighted by Crippen LogP contribution is -2.17. The Balaban J connectivity index is 0.000000921. The SMILES string of the molecule is CC.OCCNCc1cncc(Br)c1Cl. The monoisotopic (exact) mass is 294 g/mol. The van der Waals surface area contributed by atoms with Gasteiger partial charge in [-0.05, 0) is 15.9 Å². The summed E-state index contributed by atoms with van der Waals surface area (Å²) in [5, 5.41) is 12.2. The van der Waals surface area contributed by atoms with Crippen LogP contribution >= 0.6 is 27.5 Å². The zero-order valence-corrected chi connectivity index (χ0v) is 11.3. The van der Waals surface area contributed by atoms with Gasteiger partial charge in [-0.3, -0.25) is 4.98 Å². The number of halogens is 2. The number of nitrogens with zero attached hydrogens (tertiary/aromatic N) is 1. The van der Waals surface area contributed by atoms with Crippen molar-refractivity contribution in [3.63, 3.8) is 0 Å². The molecule has 0 aliphatic rings. The van der Waals surface area contributed by atoms with Crippen LogP contribution in [0.25, 0.3) is 0 Å². The highest BCUT2D eigenvalue weighted by Crippen LogP contribution is 2.24. The molecule has 0 aromatic carbocycles. The van der Waals surface area contributed by atoms with Crippen molar-refractivity contribution in [1.82, 2.24) is 10.3 Å². The van der Waals surface area contributed by atoms with E-state index in [1.807, 2.05) is 13.8 Å². The van der Waals surface area contributed by atoms with E-state index >= 15 is 0 Å². The van der Waals surface area contributed by atoms with Gasteiger partial charge in [0.15, 0.2) is 0 Å². The molecule has 0 aliphatic carbocycles. The molecule has 2 N–H and O–H groups in total. The number of hydrogen-bond acceptors (Lipinski definition) is 3. The molecule has 0 aliphatic heterocycles. The summed E-state index contributed by atoms with van der Waals surface area (Å²) in [6.07, 6.45) is 3.36. The molecular weight excluding hydrogens is 279 g/mol. The van der Waals surface area contributed by atoms with Crippen LogP contribution in [0.2, 0.25) is 5.02 Å². The number of pyridine rings is 1. The summed E-state index contributed by atoms with van der Waals surface area (Å²) in [6.45, 7) is 5.30. The van der Waals surface area contributed by atoms with E-state index in [-0.39, 0.29) is 6.61 Å². The van der Waals surface area contributed by atoms with Crippen LogP contribution in [0, 0.1) is 0 Å². The lowest BCUT2D eigenvalue weighted by molar-refractivity contribution is 0.292. The highest BCUT2D eigenvalue weighted by atomic mass is 79.9. The second-order valence-electron chi connectivity index (χ2n) is 2.49. The Labute approximate surface area is 104 Å². The van der Waals surface area contributed by atoms with Gasteiger partial charge in [-0.2, -0.15) is 0 Å². The zero-order chi connectivity index (χ0) is 11.7. The molecule has 0 spiro atoms. The fraction of sp³-hybridized carbons (Fsp3) is 0.500. The molecule has 15 heavy (non-hydrogen) atoms. The Hall–Kier alpha value is -0.160. The van der Waals surface area contributed by atoms with Crippen molar-refractivity contribution in [3.8, 4) is 0 Å². The predicted molar refractivity (Wildman–Crippen MR) is 67.1 cm³/mol. The summed E-state index contributed by atoms with van der Waals surface area (Å²) < 4.78 is 0.789. The van der Waals surface area contributed by atoms with E-state index < -0.39 is 0 Å². The third-order valence-electron chi connectivity index (χ3n) is 1.51. The summed E-state index contributed by atoms with van der Waals surface area (Å²) in [4.78, 5) is 3.99. The summed E-state index contributed by atoms with van der Waals surface area (Å²) in [5.74, 6) is 0. The fourth-order valence-electron chi connectivity index (χ4n) is 0.885. The fourth-order valence-corrected chi connectivity index (χ4v) is 1.42. The molecular formula is C10H16BrClN2O. The third-order valence-corrected chi connectivity index (χ3v) is 2.79. The molecule has 0 saturated carbocycles. The second-order valence-corrected chi connectivity index (χ2v) is 3.73. The van der Waals surface area contributed by atoms with Crippen molar-refractivity contribution in [1.29, 1.82) is 0 Å². The van der Waals surface area contributed by atoms with Gasteiger partial charge in [-0.15, -0.1) is 0 Å². The number of rotatable bonds is 4. The molecule has 3 nitrogen and oxygen atoms in total. The van der Waals surface area contributed by atoms with Gasteiger partial charge in [0.25, 0.3) is 0 Å². The van der Waals surface area contributed by atoms with E-state index in [9.17, 15) is 0 Å². The molecule has 0 fully saturated rings. The first-order chi connectivity index (χ1) is 7.25. The molecule has 0 bridgehead atoms. The maximum absolute atomic E-state index is 8.55. The van der Waals surface area contributed by atoms with Crippen molar-refractivity contribution in [2.75, 3.05) is 13.2 Å². The first kappa shape index (κ1) is 14.8. The van der Waals surface area contributed by atoms with E-state index in [2.05, 4.69) is 26.2 Å². The van der Waals surface area contributed by atoms with Crippen molar-refractivity contribution >= 4 is 27.5 Å². The highest BCUT2D eigenvalue weighted by Gasteiger charge is 2.03. The van der Waals surface area contributed by atoms with Gasteiger partial charge in [0.05, 0.1) is 16.1 Å². The summed E-state index contributed by atoms with van der Waals surface area (Å²) in [7, 11) is 0. The van der Waals surface area contributed by atoms with Crippen LogP contribution in [0.3, 0.4) is 0 Å². The zero-order valence-electron chi connectivity index (χ0n) is 8.93. The average molecular weight is 296 g/mol. The maximum atomic E-state index is 8.55. The summed E-state index contributed by atoms with van der Waals surface area (Å²) in [5.41, 5.74) is 0.921. The minimum Gasteiger partial charge on any atom is -0.395 e. The number of aromatic nitrogens is 1. The van der Waals surface area contributed by atoms with Crippen LogP contribution < -0.4 is 5.32 Å². The summed E-state index contributed by atoms with van der Waals surface area (Å²) in [6, 6.07) is 0. The molecule has 0 atom stereocenters. The number of nitrogens with one attached hydrogen (secondary N) is 1. The largest absolute Gasteiger partial charge is 0.395 e. The van der Waals surface area contributed by atoms with E-state index in [4.69, 9.17) is 16.7 Å². The third kappa shape index (κ3) is 5.47. The Kier molecular flexibility index (Phi) is 9.00. The van der Waals surface area contributed by atoms with Gasteiger partial charge in [-0.25, -0.2) is 0 Å². The van der Waals surface area contributed by atoms with Crippen LogP contribution in [-0.4, -0.2) is 23.2 Å². The van der Waals surface area contributed by atoms with Gasteiger partial charge < -0.3 is 10.4 Å². The van der Waals surface area contributed by atoms with Crippen LogP contribution in [0.15, 0.2) is 16.9 Å². The van der Waals surface area contributed by atoms with Crippen LogP contribution in [0.4, 0.5) is 0 Å². The van der Waals surface area contributed by atoms with Gasteiger partial charge in [0.2, 0.25) is 0 Å². The van der Waals surface area contributed by atoms with Crippen LogP contribution in [0.5, 0.6) is 0 Å². The van der Waals surface area contributed by atoms with Crippen LogP contribution in [0.1, 0.15) is 19.4 Å². The standard InChI is InChI=1S/C8H10BrClN2O.C2H6/c9-7-5-12-4-6(8(7)10)3-11-1-2-13;1-2/h4-5,11,13H,1-3H2;1-2H3. The maximum Gasteiger partial charge on any atom is 0.0624 e. The van der Waals surface area contributed by atoms with Crippen LogP contribution in [-0.2, 0) is 6.54 Å². The van der Waals surface area contributed by atoms with E-state index in [1.165, 1.54) is 0 Å². The minimum atomic E-state index is 0.124. The Bertz CT molecular complexity index is 284. The predicted octanol–water partition coefficient (Wildman–Crippen LogP) is 2.61. The summed E-state index contributed by atoms with van der Waals surface area (Å²) >= 11 is 9.27. The van der Waals surface area contributed by atoms with Crippen molar-refractivity contribution in [3.05, 3.63) is 27.5 Å². The molecule has 1 aromatic heterocycles. The van der Waals surface area contributed by atoms with Gasteiger partial charge in [0.1, 0.15) is 0 Å². The van der Waals surface area contributed by atoms with E-state index in [0.717, 1.165) is 10.0 Å². The second kappa shape index (κ2) is 9.09. The number of hydrogen-bond donors (Lipinski definition) is 2. The number of aliphatic hydroxyl groups excluding tert-OH is 1. The molecule has 0 radical (unpaired) electrons. The van der Waals surface area contributed by atoms with Crippen molar-refractivity contribution in [2.45, 2.75) is 20.4 Å². The molecule has 1 rings (SSSR count). The molecule has 86 valence electrons. The lowest BCUT2D eigenvalue weighted by atomic mass is 10.3. The quantitative estimate of drug-likeness (QED) is 0.839. The molecule has 0 unspecified atom stereocenters. The number of aliphatic hydroxyl groups is 1. The van der Waals surface area contributed by atoms with Gasteiger partial charge in [0, 0.05) is 31.0 Å².